The normalized spacial score (nSPS) is 12.0. The standard InChI is InChI=1S/C29H26N6O2S/c1-20(28(37)33-31-18-21-14-16-24(36)17-15-21)38-29-34-32-27(35(29)23-10-3-2-4-11-23)19-30-26-13-7-9-22-8-5-6-12-25(22)26/h2-18,20,30,36H,19H2,1H3,(H,33,37)/b31-18+. The monoisotopic (exact) mass is 522 g/mol. The molecule has 0 spiro atoms. The van der Waals surface area contributed by atoms with Crippen LogP contribution < -0.4 is 10.7 Å². The van der Waals surface area contributed by atoms with Crippen molar-refractivity contribution in [3.05, 3.63) is 108 Å². The van der Waals surface area contributed by atoms with Crippen molar-refractivity contribution in [2.24, 2.45) is 5.10 Å². The molecule has 0 fully saturated rings. The van der Waals surface area contributed by atoms with Crippen LogP contribution >= 0.6 is 11.8 Å². The van der Waals surface area contributed by atoms with Crippen LogP contribution in [0.15, 0.2) is 107 Å². The molecule has 3 N–H and O–H groups in total. The number of para-hydroxylation sites is 1. The first-order valence-electron chi connectivity index (χ1n) is 12.1. The second-order valence-electron chi connectivity index (χ2n) is 8.54. The number of aromatic nitrogens is 3. The Hall–Kier alpha value is -4.63. The number of benzene rings is 4. The lowest BCUT2D eigenvalue weighted by Crippen LogP contribution is -2.27. The molecule has 1 amide bonds. The summed E-state index contributed by atoms with van der Waals surface area (Å²) in [5.41, 5.74) is 5.26. The van der Waals surface area contributed by atoms with Crippen LogP contribution in [0.25, 0.3) is 16.5 Å². The fourth-order valence-corrected chi connectivity index (χ4v) is 4.79. The van der Waals surface area contributed by atoms with E-state index in [9.17, 15) is 9.90 Å². The predicted octanol–water partition coefficient (Wildman–Crippen LogP) is 5.37. The number of thioether (sulfide) groups is 1. The Morgan fingerprint density at radius 3 is 2.53 bits per heavy atom. The van der Waals surface area contributed by atoms with Crippen LogP contribution in [0.3, 0.4) is 0 Å². The number of hydrogen-bond acceptors (Lipinski definition) is 7. The highest BCUT2D eigenvalue weighted by Gasteiger charge is 2.21. The number of phenolic OH excluding ortho intramolecular Hbond substituents is 1. The summed E-state index contributed by atoms with van der Waals surface area (Å²) in [4.78, 5) is 12.7. The van der Waals surface area contributed by atoms with E-state index >= 15 is 0 Å². The molecule has 1 heterocycles. The minimum absolute atomic E-state index is 0.172. The fourth-order valence-electron chi connectivity index (χ4n) is 3.91. The summed E-state index contributed by atoms with van der Waals surface area (Å²) in [5, 5.41) is 28.2. The Balaban J connectivity index is 1.32. The van der Waals surface area contributed by atoms with Crippen molar-refractivity contribution in [2.45, 2.75) is 23.9 Å². The third-order valence-electron chi connectivity index (χ3n) is 5.87. The van der Waals surface area contributed by atoms with Crippen molar-refractivity contribution < 1.29 is 9.90 Å². The Kier molecular flexibility index (Phi) is 7.65. The van der Waals surface area contributed by atoms with Crippen LogP contribution in [0.2, 0.25) is 0 Å². The number of hydrazone groups is 1. The van der Waals surface area contributed by atoms with Gasteiger partial charge in [0.25, 0.3) is 5.91 Å². The van der Waals surface area contributed by atoms with Crippen molar-refractivity contribution in [2.75, 3.05) is 5.32 Å². The number of rotatable bonds is 9. The summed E-state index contributed by atoms with van der Waals surface area (Å²) in [6.07, 6.45) is 1.53. The first-order chi connectivity index (χ1) is 18.6. The maximum atomic E-state index is 12.7. The molecule has 0 aliphatic rings. The predicted molar refractivity (Wildman–Crippen MR) is 152 cm³/mol. The molecule has 4 aromatic carbocycles. The summed E-state index contributed by atoms with van der Waals surface area (Å²) >= 11 is 1.31. The molecule has 1 aromatic heterocycles. The number of carbonyl (C=O) groups excluding carboxylic acids is 1. The highest BCUT2D eigenvalue weighted by atomic mass is 32.2. The number of nitrogens with zero attached hydrogens (tertiary/aromatic N) is 4. The minimum Gasteiger partial charge on any atom is -0.508 e. The Bertz CT molecular complexity index is 1560. The summed E-state index contributed by atoms with van der Waals surface area (Å²) in [6.45, 7) is 2.25. The third kappa shape index (κ3) is 5.84. The van der Waals surface area contributed by atoms with E-state index in [1.807, 2.05) is 59.2 Å². The number of amides is 1. The van der Waals surface area contributed by atoms with Gasteiger partial charge in [-0.2, -0.15) is 5.10 Å². The summed E-state index contributed by atoms with van der Waals surface area (Å²) in [7, 11) is 0. The summed E-state index contributed by atoms with van der Waals surface area (Å²) < 4.78 is 1.96. The van der Waals surface area contributed by atoms with E-state index in [1.54, 1.807) is 31.2 Å². The largest absolute Gasteiger partial charge is 0.508 e. The van der Waals surface area contributed by atoms with Crippen molar-refractivity contribution in [1.29, 1.82) is 0 Å². The van der Waals surface area contributed by atoms with Crippen LogP contribution in [-0.4, -0.2) is 37.2 Å². The van der Waals surface area contributed by atoms with E-state index in [0.717, 1.165) is 33.5 Å². The lowest BCUT2D eigenvalue weighted by molar-refractivity contribution is -0.120. The molecule has 0 aliphatic carbocycles. The van der Waals surface area contributed by atoms with Crippen molar-refractivity contribution in [1.82, 2.24) is 20.2 Å². The molecule has 5 rings (SSSR count). The molecule has 0 radical (unpaired) electrons. The van der Waals surface area contributed by atoms with Gasteiger partial charge in [-0.3, -0.25) is 9.36 Å². The van der Waals surface area contributed by atoms with Crippen LogP contribution in [0.5, 0.6) is 5.75 Å². The van der Waals surface area contributed by atoms with E-state index in [2.05, 4.69) is 44.2 Å². The lowest BCUT2D eigenvalue weighted by atomic mass is 10.1. The molecule has 0 bridgehead atoms. The average molecular weight is 523 g/mol. The summed E-state index contributed by atoms with van der Waals surface area (Å²) in [5.74, 6) is 0.637. The number of hydrogen-bond donors (Lipinski definition) is 3. The maximum absolute atomic E-state index is 12.7. The second kappa shape index (κ2) is 11.6. The minimum atomic E-state index is -0.475. The van der Waals surface area contributed by atoms with Gasteiger partial charge >= 0.3 is 0 Å². The number of aromatic hydroxyl groups is 1. The molecule has 1 unspecified atom stereocenters. The number of nitrogens with one attached hydrogen (secondary N) is 2. The van der Waals surface area contributed by atoms with E-state index < -0.39 is 5.25 Å². The van der Waals surface area contributed by atoms with Crippen LogP contribution in [-0.2, 0) is 11.3 Å². The lowest BCUT2D eigenvalue weighted by Gasteiger charge is -2.14. The SMILES string of the molecule is CC(Sc1nnc(CNc2cccc3ccccc23)n1-c1ccccc1)C(=O)N/N=C/c1ccc(O)cc1. The molecule has 38 heavy (non-hydrogen) atoms. The van der Waals surface area contributed by atoms with Crippen molar-refractivity contribution in [3.8, 4) is 11.4 Å². The number of fused-ring (bicyclic) bond motifs is 1. The van der Waals surface area contributed by atoms with E-state index in [-0.39, 0.29) is 11.7 Å². The zero-order valence-electron chi connectivity index (χ0n) is 20.7. The highest BCUT2D eigenvalue weighted by molar-refractivity contribution is 8.00. The first kappa shape index (κ1) is 25.0. The quantitative estimate of drug-likeness (QED) is 0.137. The molecular weight excluding hydrogens is 496 g/mol. The van der Waals surface area contributed by atoms with Gasteiger partial charge in [0.15, 0.2) is 11.0 Å². The zero-order chi connectivity index (χ0) is 26.3. The van der Waals surface area contributed by atoms with Gasteiger partial charge in [0.1, 0.15) is 5.75 Å². The van der Waals surface area contributed by atoms with Gasteiger partial charge < -0.3 is 10.4 Å². The fraction of sp³-hybridized carbons (Fsp3) is 0.103. The second-order valence-corrected chi connectivity index (χ2v) is 9.84. The van der Waals surface area contributed by atoms with Crippen LogP contribution in [0.4, 0.5) is 5.69 Å². The number of carbonyl (C=O) groups is 1. The Labute approximate surface area is 224 Å². The third-order valence-corrected chi connectivity index (χ3v) is 6.92. The average Bonchev–Trinajstić information content (AvgIpc) is 3.35. The molecule has 190 valence electrons. The van der Waals surface area contributed by atoms with E-state index in [4.69, 9.17) is 0 Å². The van der Waals surface area contributed by atoms with Crippen LogP contribution in [0.1, 0.15) is 18.3 Å². The molecule has 0 saturated carbocycles. The first-order valence-corrected chi connectivity index (χ1v) is 13.0. The van der Waals surface area contributed by atoms with Gasteiger partial charge in [-0.15, -0.1) is 10.2 Å². The maximum Gasteiger partial charge on any atom is 0.253 e. The Morgan fingerprint density at radius 1 is 0.974 bits per heavy atom. The molecule has 8 nitrogen and oxygen atoms in total. The summed E-state index contributed by atoms with van der Waals surface area (Å²) in [6, 6.07) is 30.8. The van der Waals surface area contributed by atoms with Gasteiger partial charge in [-0.25, -0.2) is 5.43 Å². The number of anilines is 1. The molecule has 9 heteroatoms. The Morgan fingerprint density at radius 2 is 1.71 bits per heavy atom. The molecule has 5 aromatic rings. The van der Waals surface area contributed by atoms with E-state index in [0.29, 0.717) is 11.7 Å². The van der Waals surface area contributed by atoms with E-state index in [1.165, 1.54) is 18.0 Å². The van der Waals surface area contributed by atoms with Crippen LogP contribution in [0, 0.1) is 0 Å². The topological polar surface area (TPSA) is 104 Å². The van der Waals surface area contributed by atoms with Gasteiger partial charge in [0.05, 0.1) is 18.0 Å². The van der Waals surface area contributed by atoms with Crippen molar-refractivity contribution >= 4 is 40.3 Å². The highest BCUT2D eigenvalue weighted by Crippen LogP contribution is 2.27. The molecule has 0 saturated heterocycles. The van der Waals surface area contributed by atoms with Crippen molar-refractivity contribution in [3.63, 3.8) is 0 Å². The molecular formula is C29H26N6O2S. The smallest absolute Gasteiger partial charge is 0.253 e. The molecule has 1 atom stereocenters. The van der Waals surface area contributed by atoms with Gasteiger partial charge in [-0.05, 0) is 60.3 Å². The number of phenols is 1. The van der Waals surface area contributed by atoms with Gasteiger partial charge in [0.2, 0.25) is 0 Å². The zero-order valence-corrected chi connectivity index (χ0v) is 21.5. The molecule has 0 aliphatic heterocycles. The van der Waals surface area contributed by atoms with Gasteiger partial charge in [-0.1, -0.05) is 66.4 Å². The van der Waals surface area contributed by atoms with Gasteiger partial charge in [0, 0.05) is 16.8 Å².